The first-order valence-electron chi connectivity index (χ1n) is 9.10. The molecule has 6 heteroatoms. The predicted octanol–water partition coefficient (Wildman–Crippen LogP) is 5.01. The van der Waals surface area contributed by atoms with Gasteiger partial charge in [-0.05, 0) is 35.7 Å². The van der Waals surface area contributed by atoms with Crippen LogP contribution >= 0.6 is 11.3 Å². The zero-order valence-electron chi connectivity index (χ0n) is 16.1. The summed E-state index contributed by atoms with van der Waals surface area (Å²) < 4.78 is 18.6. The molecule has 2 aromatic carbocycles. The van der Waals surface area contributed by atoms with Crippen LogP contribution in [0.3, 0.4) is 0 Å². The molecule has 0 saturated carbocycles. The lowest BCUT2D eigenvalue weighted by atomic mass is 9.95. The van der Waals surface area contributed by atoms with Crippen molar-refractivity contribution < 1.29 is 13.9 Å². The Kier molecular flexibility index (Phi) is 6.41. The molecule has 146 valence electrons. The summed E-state index contributed by atoms with van der Waals surface area (Å²) in [7, 11) is 1.63. The Hall–Kier alpha value is -2.73. The van der Waals surface area contributed by atoms with Crippen molar-refractivity contribution in [2.24, 2.45) is 5.92 Å². The van der Waals surface area contributed by atoms with Gasteiger partial charge in [0.2, 0.25) is 5.91 Å². The molecule has 4 nitrogen and oxygen atoms in total. The van der Waals surface area contributed by atoms with Crippen LogP contribution in [0.2, 0.25) is 0 Å². The largest absolute Gasteiger partial charge is 0.497 e. The number of nitrogens with one attached hydrogen (secondary N) is 1. The molecule has 0 aliphatic rings. The number of nitrogens with zero attached hydrogens (tertiary/aromatic N) is 1. The first kappa shape index (κ1) is 20.0. The summed E-state index contributed by atoms with van der Waals surface area (Å²) >= 11 is 1.41. The molecule has 0 aliphatic carbocycles. The number of carbonyl (C=O) groups excluding carboxylic acids is 1. The van der Waals surface area contributed by atoms with E-state index < -0.39 is 0 Å². The molecule has 1 unspecified atom stereocenters. The quantitative estimate of drug-likeness (QED) is 0.608. The highest BCUT2D eigenvalue weighted by molar-refractivity contribution is 7.13. The van der Waals surface area contributed by atoms with Gasteiger partial charge in [0, 0.05) is 10.9 Å². The van der Waals surface area contributed by atoms with Gasteiger partial charge in [0.25, 0.3) is 0 Å². The van der Waals surface area contributed by atoms with E-state index in [2.05, 4.69) is 24.1 Å². The lowest BCUT2D eigenvalue weighted by Gasteiger charge is -2.23. The first-order chi connectivity index (χ1) is 13.5. The van der Waals surface area contributed by atoms with Crippen LogP contribution in [0.4, 0.5) is 4.39 Å². The van der Waals surface area contributed by atoms with Crippen LogP contribution in [0.15, 0.2) is 53.9 Å². The Labute approximate surface area is 168 Å². The van der Waals surface area contributed by atoms with Crippen LogP contribution < -0.4 is 10.1 Å². The van der Waals surface area contributed by atoms with Crippen LogP contribution in [-0.4, -0.2) is 18.0 Å². The summed E-state index contributed by atoms with van der Waals surface area (Å²) in [5, 5.41) is 5.65. The topological polar surface area (TPSA) is 51.2 Å². The molecule has 1 amide bonds. The van der Waals surface area contributed by atoms with Crippen molar-refractivity contribution in [3.8, 4) is 16.3 Å². The third-order valence-corrected chi connectivity index (χ3v) is 5.36. The second-order valence-electron chi connectivity index (χ2n) is 6.89. The monoisotopic (exact) mass is 398 g/mol. The van der Waals surface area contributed by atoms with Gasteiger partial charge in [0.1, 0.15) is 16.6 Å². The summed E-state index contributed by atoms with van der Waals surface area (Å²) in [6.45, 7) is 4.14. The zero-order chi connectivity index (χ0) is 20.1. The lowest BCUT2D eigenvalue weighted by Crippen LogP contribution is -2.32. The fourth-order valence-corrected chi connectivity index (χ4v) is 3.79. The number of ether oxygens (including phenoxy) is 1. The zero-order valence-corrected chi connectivity index (χ0v) is 16.9. The number of aromatic nitrogens is 1. The number of methoxy groups -OCH3 is 1. The molecule has 1 aromatic heterocycles. The highest BCUT2D eigenvalue weighted by atomic mass is 32.1. The Balaban J connectivity index is 1.68. The molecular weight excluding hydrogens is 375 g/mol. The van der Waals surface area contributed by atoms with E-state index in [9.17, 15) is 9.18 Å². The molecule has 1 heterocycles. The summed E-state index contributed by atoms with van der Waals surface area (Å²) in [6.07, 6.45) is 0.186. The van der Waals surface area contributed by atoms with Crippen LogP contribution in [0.5, 0.6) is 5.75 Å². The van der Waals surface area contributed by atoms with E-state index in [-0.39, 0.29) is 30.1 Å². The molecule has 0 spiro atoms. The maximum atomic E-state index is 13.4. The molecule has 3 rings (SSSR count). The van der Waals surface area contributed by atoms with E-state index in [4.69, 9.17) is 4.74 Å². The van der Waals surface area contributed by atoms with Gasteiger partial charge in [0.15, 0.2) is 0 Å². The van der Waals surface area contributed by atoms with E-state index in [1.54, 1.807) is 13.2 Å². The smallest absolute Gasteiger partial charge is 0.226 e. The minimum atomic E-state index is -0.300. The number of hydrogen-bond acceptors (Lipinski definition) is 4. The Morgan fingerprint density at radius 1 is 1.21 bits per heavy atom. The van der Waals surface area contributed by atoms with Gasteiger partial charge in [0.05, 0.1) is 25.3 Å². The van der Waals surface area contributed by atoms with Crippen LogP contribution in [-0.2, 0) is 11.2 Å². The fraction of sp³-hybridized carbons (Fsp3) is 0.273. The van der Waals surface area contributed by atoms with E-state index in [0.717, 1.165) is 16.9 Å². The van der Waals surface area contributed by atoms with Crippen LogP contribution in [0.25, 0.3) is 10.6 Å². The number of halogens is 1. The van der Waals surface area contributed by atoms with Crippen molar-refractivity contribution in [2.45, 2.75) is 26.3 Å². The van der Waals surface area contributed by atoms with Gasteiger partial charge in [-0.1, -0.05) is 38.1 Å². The Morgan fingerprint density at radius 3 is 2.61 bits per heavy atom. The first-order valence-corrected chi connectivity index (χ1v) is 9.98. The SMILES string of the molecule is COc1ccc(C(NC(=O)Cc2csc(-c3cccc(F)c3)n2)C(C)C)cc1. The second-order valence-corrected chi connectivity index (χ2v) is 7.75. The standard InChI is InChI=1S/C22H23FN2O2S/c1-14(2)21(15-7-9-19(27-3)10-8-15)25-20(26)12-18-13-28-22(24-18)16-5-4-6-17(23)11-16/h4-11,13-14,21H,12H2,1-3H3,(H,25,26). The number of thiazole rings is 1. The average molecular weight is 399 g/mol. The fourth-order valence-electron chi connectivity index (χ4n) is 2.98. The van der Waals surface area contributed by atoms with Gasteiger partial charge < -0.3 is 10.1 Å². The molecule has 28 heavy (non-hydrogen) atoms. The number of benzene rings is 2. The maximum Gasteiger partial charge on any atom is 0.226 e. The van der Waals surface area contributed by atoms with Crippen LogP contribution in [0, 0.1) is 11.7 Å². The molecule has 0 bridgehead atoms. The number of carbonyl (C=O) groups is 1. The number of rotatable bonds is 7. The average Bonchev–Trinajstić information content (AvgIpc) is 3.14. The van der Waals surface area contributed by atoms with Crippen molar-refractivity contribution in [1.82, 2.24) is 10.3 Å². The third-order valence-electron chi connectivity index (χ3n) is 4.42. The van der Waals surface area contributed by atoms with Gasteiger partial charge in [-0.25, -0.2) is 9.37 Å². The van der Waals surface area contributed by atoms with Crippen molar-refractivity contribution in [3.63, 3.8) is 0 Å². The molecule has 0 aliphatic heterocycles. The van der Waals surface area contributed by atoms with E-state index >= 15 is 0 Å². The predicted molar refractivity (Wildman–Crippen MR) is 110 cm³/mol. The molecule has 0 radical (unpaired) electrons. The molecule has 0 saturated heterocycles. The van der Waals surface area contributed by atoms with Gasteiger partial charge in [-0.3, -0.25) is 4.79 Å². The summed E-state index contributed by atoms with van der Waals surface area (Å²) in [5.74, 6) is 0.623. The van der Waals surface area contributed by atoms with E-state index in [1.807, 2.05) is 35.7 Å². The Morgan fingerprint density at radius 2 is 1.96 bits per heavy atom. The molecular formula is C22H23FN2O2S. The van der Waals surface area contributed by atoms with Gasteiger partial charge in [-0.2, -0.15) is 0 Å². The van der Waals surface area contributed by atoms with Crippen LogP contribution in [0.1, 0.15) is 31.1 Å². The number of hydrogen-bond donors (Lipinski definition) is 1. The maximum absolute atomic E-state index is 13.4. The molecule has 3 aromatic rings. The number of amides is 1. The highest BCUT2D eigenvalue weighted by Crippen LogP contribution is 2.26. The van der Waals surface area contributed by atoms with Gasteiger partial charge in [-0.15, -0.1) is 11.3 Å². The highest BCUT2D eigenvalue weighted by Gasteiger charge is 2.19. The van der Waals surface area contributed by atoms with Crippen molar-refractivity contribution >= 4 is 17.2 Å². The van der Waals surface area contributed by atoms with Gasteiger partial charge >= 0.3 is 0 Å². The minimum absolute atomic E-state index is 0.0920. The summed E-state index contributed by atoms with van der Waals surface area (Å²) in [4.78, 5) is 17.1. The third kappa shape index (κ3) is 4.95. The molecule has 1 N–H and O–H groups in total. The minimum Gasteiger partial charge on any atom is -0.497 e. The molecule has 1 atom stereocenters. The summed E-state index contributed by atoms with van der Waals surface area (Å²) in [6, 6.07) is 13.9. The van der Waals surface area contributed by atoms with E-state index in [0.29, 0.717) is 10.7 Å². The second kappa shape index (κ2) is 8.97. The van der Waals surface area contributed by atoms with Crippen molar-refractivity contribution in [3.05, 3.63) is 71.0 Å². The normalized spacial score (nSPS) is 12.0. The lowest BCUT2D eigenvalue weighted by molar-refractivity contribution is -0.121. The Bertz CT molecular complexity index is 938. The van der Waals surface area contributed by atoms with Crippen molar-refractivity contribution in [1.29, 1.82) is 0 Å². The van der Waals surface area contributed by atoms with Crippen molar-refractivity contribution in [2.75, 3.05) is 7.11 Å². The summed E-state index contributed by atoms with van der Waals surface area (Å²) in [5.41, 5.74) is 2.43. The van der Waals surface area contributed by atoms with E-state index in [1.165, 1.54) is 23.5 Å². The molecule has 0 fully saturated rings.